The summed E-state index contributed by atoms with van der Waals surface area (Å²) in [7, 11) is 0. The molecule has 1 aliphatic rings. The minimum atomic E-state index is 0.924. The zero-order valence-corrected chi connectivity index (χ0v) is 11.8. The molecule has 0 spiro atoms. The average Bonchev–Trinajstić information content (AvgIpc) is 3.17. The second-order valence-corrected chi connectivity index (χ2v) is 5.33. The smallest absolute Gasteiger partial charge is 0.105 e. The Kier molecular flexibility index (Phi) is 4.38. The molecule has 3 heteroatoms. The summed E-state index contributed by atoms with van der Waals surface area (Å²) in [6.45, 7) is 4.27. The summed E-state index contributed by atoms with van der Waals surface area (Å²) in [5.41, 5.74) is 2.80. The van der Waals surface area contributed by atoms with Gasteiger partial charge in [0.25, 0.3) is 0 Å². The summed E-state index contributed by atoms with van der Waals surface area (Å²) in [5, 5.41) is 3.52. The fraction of sp³-hybridized carbons (Fsp3) is 0.412. The Balaban J connectivity index is 1.54. The highest BCUT2D eigenvalue weighted by molar-refractivity contribution is 5.54. The third-order valence-corrected chi connectivity index (χ3v) is 3.88. The third-order valence-electron chi connectivity index (χ3n) is 3.88. The molecule has 1 fully saturated rings. The van der Waals surface area contributed by atoms with Gasteiger partial charge in [0.1, 0.15) is 5.76 Å². The van der Waals surface area contributed by atoms with E-state index in [1.54, 1.807) is 6.26 Å². The van der Waals surface area contributed by atoms with Gasteiger partial charge in [-0.15, -0.1) is 0 Å². The van der Waals surface area contributed by atoms with Crippen LogP contribution in [0.15, 0.2) is 47.1 Å². The first-order chi connectivity index (χ1) is 9.93. The summed E-state index contributed by atoms with van der Waals surface area (Å²) in [6.07, 6.45) is 5.32. The summed E-state index contributed by atoms with van der Waals surface area (Å²) < 4.78 is 5.34. The number of anilines is 1. The number of para-hydroxylation sites is 1. The van der Waals surface area contributed by atoms with Crippen molar-refractivity contribution < 1.29 is 4.42 Å². The van der Waals surface area contributed by atoms with Crippen molar-refractivity contribution in [3.05, 3.63) is 54.0 Å². The zero-order valence-electron chi connectivity index (χ0n) is 11.8. The number of rotatable bonds is 6. The van der Waals surface area contributed by atoms with Crippen LogP contribution in [0.2, 0.25) is 0 Å². The summed E-state index contributed by atoms with van der Waals surface area (Å²) in [6, 6.07) is 12.7. The highest BCUT2D eigenvalue weighted by atomic mass is 16.3. The summed E-state index contributed by atoms with van der Waals surface area (Å²) >= 11 is 0. The normalized spacial score (nSPS) is 14.9. The number of nitrogens with zero attached hydrogens (tertiary/aromatic N) is 1. The average molecular weight is 270 g/mol. The van der Waals surface area contributed by atoms with Crippen LogP contribution in [-0.2, 0) is 13.0 Å². The van der Waals surface area contributed by atoms with Gasteiger partial charge in [-0.1, -0.05) is 18.2 Å². The lowest BCUT2D eigenvalue weighted by molar-refractivity contribution is 0.499. The van der Waals surface area contributed by atoms with E-state index >= 15 is 0 Å². The summed E-state index contributed by atoms with van der Waals surface area (Å²) in [4.78, 5) is 2.50. The maximum Gasteiger partial charge on any atom is 0.105 e. The molecular weight excluding hydrogens is 248 g/mol. The number of hydrogen-bond acceptors (Lipinski definition) is 3. The van der Waals surface area contributed by atoms with Crippen LogP contribution in [0.1, 0.15) is 24.2 Å². The molecule has 1 aliphatic heterocycles. The fourth-order valence-electron chi connectivity index (χ4n) is 2.82. The van der Waals surface area contributed by atoms with Crippen molar-refractivity contribution in [3.63, 3.8) is 0 Å². The fourth-order valence-corrected chi connectivity index (χ4v) is 2.82. The number of benzene rings is 1. The zero-order chi connectivity index (χ0) is 13.6. The molecule has 0 unspecified atom stereocenters. The molecule has 3 rings (SSSR count). The third kappa shape index (κ3) is 3.23. The Morgan fingerprint density at radius 2 is 1.90 bits per heavy atom. The van der Waals surface area contributed by atoms with Crippen molar-refractivity contribution in [2.75, 3.05) is 24.5 Å². The van der Waals surface area contributed by atoms with Crippen molar-refractivity contribution in [1.82, 2.24) is 5.32 Å². The minimum Gasteiger partial charge on any atom is -0.469 e. The Hall–Kier alpha value is -1.74. The molecule has 0 bridgehead atoms. The number of furan rings is 1. The minimum absolute atomic E-state index is 0.924. The molecule has 0 saturated carbocycles. The lowest BCUT2D eigenvalue weighted by atomic mass is 10.1. The molecule has 2 aromatic rings. The predicted octanol–water partition coefficient (Wildman–Crippen LogP) is 3.21. The second-order valence-electron chi connectivity index (χ2n) is 5.33. The first kappa shape index (κ1) is 13.3. The van der Waals surface area contributed by atoms with Crippen molar-refractivity contribution in [1.29, 1.82) is 0 Å². The van der Waals surface area contributed by atoms with E-state index in [0.29, 0.717) is 0 Å². The van der Waals surface area contributed by atoms with Gasteiger partial charge in [0.05, 0.1) is 6.26 Å². The van der Waals surface area contributed by atoms with Crippen molar-refractivity contribution in [3.8, 4) is 0 Å². The molecule has 0 amide bonds. The molecule has 20 heavy (non-hydrogen) atoms. The van der Waals surface area contributed by atoms with Crippen LogP contribution in [0.4, 0.5) is 5.69 Å². The van der Waals surface area contributed by atoms with E-state index in [4.69, 9.17) is 4.42 Å². The van der Waals surface area contributed by atoms with Gasteiger partial charge in [0.15, 0.2) is 0 Å². The van der Waals surface area contributed by atoms with Crippen LogP contribution in [-0.4, -0.2) is 19.6 Å². The first-order valence-corrected chi connectivity index (χ1v) is 7.49. The standard InChI is InChI=1S/C17H22N2O/c1-2-8-17(19-11-3-4-12-19)15(6-1)14-18-10-9-16-7-5-13-20-16/h1-2,5-8,13,18H,3-4,9-12,14H2. The molecule has 0 aliphatic carbocycles. The number of nitrogens with one attached hydrogen (secondary N) is 1. The van der Waals surface area contributed by atoms with E-state index in [1.807, 2.05) is 12.1 Å². The maximum atomic E-state index is 5.34. The molecule has 106 valence electrons. The van der Waals surface area contributed by atoms with Crippen LogP contribution in [0.5, 0.6) is 0 Å². The van der Waals surface area contributed by atoms with Crippen LogP contribution >= 0.6 is 0 Å². The Morgan fingerprint density at radius 1 is 1.05 bits per heavy atom. The van der Waals surface area contributed by atoms with Gasteiger partial charge in [-0.3, -0.25) is 0 Å². The SMILES string of the molecule is c1coc(CCNCc2ccccc2N2CCCC2)c1. The molecule has 1 N–H and O–H groups in total. The van der Waals surface area contributed by atoms with Gasteiger partial charge in [-0.2, -0.15) is 0 Å². The lowest BCUT2D eigenvalue weighted by Gasteiger charge is -2.21. The maximum absolute atomic E-state index is 5.34. The van der Waals surface area contributed by atoms with Gasteiger partial charge in [0.2, 0.25) is 0 Å². The highest BCUT2D eigenvalue weighted by Crippen LogP contribution is 2.24. The Labute approximate surface area is 120 Å². The largest absolute Gasteiger partial charge is 0.469 e. The molecular formula is C17H22N2O. The number of hydrogen-bond donors (Lipinski definition) is 1. The molecule has 1 aromatic carbocycles. The van der Waals surface area contributed by atoms with Crippen molar-refractivity contribution in [2.45, 2.75) is 25.8 Å². The van der Waals surface area contributed by atoms with Crippen molar-refractivity contribution in [2.24, 2.45) is 0 Å². The molecule has 1 aromatic heterocycles. The Bertz CT molecular complexity index is 516. The van der Waals surface area contributed by atoms with E-state index in [-0.39, 0.29) is 0 Å². The Morgan fingerprint density at radius 3 is 2.70 bits per heavy atom. The van der Waals surface area contributed by atoms with Crippen LogP contribution in [0.25, 0.3) is 0 Å². The van der Waals surface area contributed by atoms with E-state index < -0.39 is 0 Å². The molecule has 3 nitrogen and oxygen atoms in total. The summed E-state index contributed by atoms with van der Waals surface area (Å²) in [5.74, 6) is 1.05. The van der Waals surface area contributed by atoms with Gasteiger partial charge in [-0.05, 0) is 36.6 Å². The topological polar surface area (TPSA) is 28.4 Å². The van der Waals surface area contributed by atoms with Gasteiger partial charge >= 0.3 is 0 Å². The monoisotopic (exact) mass is 270 g/mol. The van der Waals surface area contributed by atoms with E-state index in [9.17, 15) is 0 Å². The van der Waals surface area contributed by atoms with Crippen LogP contribution in [0.3, 0.4) is 0 Å². The van der Waals surface area contributed by atoms with Gasteiger partial charge < -0.3 is 14.6 Å². The quantitative estimate of drug-likeness (QED) is 0.817. The first-order valence-electron chi connectivity index (χ1n) is 7.49. The molecule has 1 saturated heterocycles. The molecule has 0 atom stereocenters. The van der Waals surface area contributed by atoms with Crippen molar-refractivity contribution >= 4 is 5.69 Å². The highest BCUT2D eigenvalue weighted by Gasteiger charge is 2.14. The van der Waals surface area contributed by atoms with E-state index in [1.165, 1.54) is 37.2 Å². The van der Waals surface area contributed by atoms with E-state index in [0.717, 1.165) is 25.3 Å². The predicted molar refractivity (Wildman–Crippen MR) is 82.0 cm³/mol. The lowest BCUT2D eigenvalue weighted by Crippen LogP contribution is -2.22. The van der Waals surface area contributed by atoms with Crippen LogP contribution in [0, 0.1) is 0 Å². The van der Waals surface area contributed by atoms with E-state index in [2.05, 4.69) is 34.5 Å². The van der Waals surface area contributed by atoms with Crippen LogP contribution < -0.4 is 10.2 Å². The molecule has 2 heterocycles. The second kappa shape index (κ2) is 6.62. The van der Waals surface area contributed by atoms with Gasteiger partial charge in [-0.25, -0.2) is 0 Å². The molecule has 0 radical (unpaired) electrons. The van der Waals surface area contributed by atoms with Gasteiger partial charge in [0, 0.05) is 38.3 Å².